The molecule has 45 heavy (non-hydrogen) atoms. The third kappa shape index (κ3) is 10.4. The second-order valence-electron chi connectivity index (χ2n) is 13.4. The van der Waals surface area contributed by atoms with Gasteiger partial charge >= 0.3 is 12.1 Å². The minimum atomic E-state index is -1.39. The van der Waals surface area contributed by atoms with Gasteiger partial charge in [0, 0.05) is 18.0 Å². The van der Waals surface area contributed by atoms with Crippen molar-refractivity contribution < 1.29 is 33.8 Å². The monoisotopic (exact) mass is 619 g/mol. The van der Waals surface area contributed by atoms with Gasteiger partial charge in [-0.25, -0.2) is 9.59 Å². The first-order chi connectivity index (χ1) is 21.0. The summed E-state index contributed by atoms with van der Waals surface area (Å²) in [5, 5.41) is 15.5. The van der Waals surface area contributed by atoms with Crippen molar-refractivity contribution >= 4 is 23.9 Å². The number of aliphatic hydroxyl groups is 1. The highest BCUT2D eigenvalue weighted by molar-refractivity contribution is 5.94. The van der Waals surface area contributed by atoms with E-state index in [1.54, 1.807) is 65.8 Å². The number of carbonyl (C=O) groups excluding carboxylic acids is 4. The minimum absolute atomic E-state index is 0.0427. The second kappa shape index (κ2) is 14.6. The van der Waals surface area contributed by atoms with Crippen molar-refractivity contribution in [3.63, 3.8) is 0 Å². The number of nitrogens with zero attached hydrogens (tertiary/aromatic N) is 1. The highest BCUT2D eigenvalue weighted by Gasteiger charge is 2.48. The molecule has 1 aliphatic rings. The Bertz CT molecular complexity index is 1390. The number of alkyl carbamates (subject to hydrolysis) is 1. The zero-order chi connectivity index (χ0) is 33.5. The van der Waals surface area contributed by atoms with E-state index in [0.29, 0.717) is 17.5 Å². The summed E-state index contributed by atoms with van der Waals surface area (Å²) >= 11 is 0. The van der Waals surface area contributed by atoms with Gasteiger partial charge in [-0.05, 0) is 77.1 Å². The molecule has 5 unspecified atom stereocenters. The quantitative estimate of drug-likeness (QED) is 0.257. The lowest BCUT2D eigenvalue weighted by Crippen LogP contribution is -2.56. The number of hydrogen-bond donors (Lipinski definition) is 3. The molecule has 2 aromatic carbocycles. The Kier molecular flexibility index (Phi) is 11.4. The molecule has 1 saturated carbocycles. The van der Waals surface area contributed by atoms with Crippen LogP contribution < -0.4 is 10.6 Å². The Morgan fingerprint density at radius 2 is 1.51 bits per heavy atom. The van der Waals surface area contributed by atoms with Crippen LogP contribution in [0.4, 0.5) is 4.79 Å². The van der Waals surface area contributed by atoms with Crippen molar-refractivity contribution in [1.29, 1.82) is 0 Å². The Morgan fingerprint density at radius 3 is 2.00 bits per heavy atom. The molecular formula is C35H45N3O7. The molecular weight excluding hydrogens is 574 g/mol. The van der Waals surface area contributed by atoms with E-state index in [0.717, 1.165) is 5.56 Å². The van der Waals surface area contributed by atoms with Crippen molar-refractivity contribution in [1.82, 2.24) is 15.5 Å². The van der Waals surface area contributed by atoms with E-state index < -0.39 is 59.8 Å². The van der Waals surface area contributed by atoms with Crippen molar-refractivity contribution in [3.05, 3.63) is 71.3 Å². The van der Waals surface area contributed by atoms with E-state index in [1.807, 2.05) is 37.3 Å². The predicted molar refractivity (Wildman–Crippen MR) is 170 cm³/mol. The van der Waals surface area contributed by atoms with Crippen LogP contribution in [0.5, 0.6) is 0 Å². The fourth-order valence-corrected chi connectivity index (χ4v) is 4.85. The first-order valence-corrected chi connectivity index (χ1v) is 15.1. The maximum atomic E-state index is 14.3. The van der Waals surface area contributed by atoms with E-state index in [9.17, 15) is 24.3 Å². The molecule has 0 saturated heterocycles. The molecule has 0 heterocycles. The normalized spacial score (nSPS) is 17.9. The second-order valence-corrected chi connectivity index (χ2v) is 13.4. The van der Waals surface area contributed by atoms with Crippen LogP contribution >= 0.6 is 0 Å². The maximum Gasteiger partial charge on any atom is 0.408 e. The van der Waals surface area contributed by atoms with Gasteiger partial charge in [-0.1, -0.05) is 55.3 Å². The van der Waals surface area contributed by atoms with Gasteiger partial charge in [-0.2, -0.15) is 0 Å². The largest absolute Gasteiger partial charge is 0.458 e. The van der Waals surface area contributed by atoms with Crippen LogP contribution in [-0.2, 0) is 30.3 Å². The van der Waals surface area contributed by atoms with E-state index in [-0.39, 0.29) is 18.4 Å². The average molecular weight is 620 g/mol. The van der Waals surface area contributed by atoms with E-state index in [2.05, 4.69) is 16.6 Å². The smallest absolute Gasteiger partial charge is 0.408 e. The number of hydrogen-bond acceptors (Lipinski definition) is 7. The van der Waals surface area contributed by atoms with Gasteiger partial charge in [0.2, 0.25) is 11.8 Å². The van der Waals surface area contributed by atoms with Gasteiger partial charge in [0.05, 0.1) is 6.61 Å². The zero-order valence-corrected chi connectivity index (χ0v) is 27.1. The number of ether oxygens (including phenoxy) is 2. The number of esters is 1. The van der Waals surface area contributed by atoms with Gasteiger partial charge < -0.3 is 30.1 Å². The fraction of sp³-hybridized carbons (Fsp3) is 0.486. The average Bonchev–Trinajstić information content (AvgIpc) is 3.68. The molecule has 0 aliphatic heterocycles. The summed E-state index contributed by atoms with van der Waals surface area (Å²) in [6.07, 6.45) is 5.43. The van der Waals surface area contributed by atoms with Crippen molar-refractivity contribution in [2.75, 3.05) is 6.61 Å². The molecule has 5 atom stereocenters. The number of rotatable bonds is 11. The summed E-state index contributed by atoms with van der Waals surface area (Å²) in [6, 6.07) is 11.8. The fourth-order valence-electron chi connectivity index (χ4n) is 4.85. The van der Waals surface area contributed by atoms with Crippen LogP contribution in [-0.4, -0.2) is 69.8 Å². The zero-order valence-electron chi connectivity index (χ0n) is 27.1. The van der Waals surface area contributed by atoms with Crippen LogP contribution in [0.25, 0.3) is 0 Å². The summed E-state index contributed by atoms with van der Waals surface area (Å²) in [6.45, 7) is 11.5. The third-order valence-electron chi connectivity index (χ3n) is 7.06. The van der Waals surface area contributed by atoms with Crippen LogP contribution in [0.1, 0.15) is 77.6 Å². The van der Waals surface area contributed by atoms with E-state index in [1.165, 1.54) is 4.90 Å². The summed E-state index contributed by atoms with van der Waals surface area (Å²) in [4.78, 5) is 55.9. The van der Waals surface area contributed by atoms with Gasteiger partial charge in [-0.3, -0.25) is 9.59 Å². The molecule has 10 nitrogen and oxygen atoms in total. The summed E-state index contributed by atoms with van der Waals surface area (Å²) < 4.78 is 11.0. The number of terminal acetylenes is 1. The van der Waals surface area contributed by atoms with Crippen molar-refractivity contribution in [3.8, 4) is 12.3 Å². The first-order valence-electron chi connectivity index (χ1n) is 15.1. The molecule has 3 rings (SSSR count). The number of aliphatic hydroxyl groups excluding tert-OH is 1. The molecule has 0 aromatic heterocycles. The Labute approximate surface area is 265 Å². The van der Waals surface area contributed by atoms with Crippen LogP contribution in [0.15, 0.2) is 54.6 Å². The topological polar surface area (TPSA) is 134 Å². The van der Waals surface area contributed by atoms with E-state index >= 15 is 0 Å². The maximum absolute atomic E-state index is 14.3. The summed E-state index contributed by atoms with van der Waals surface area (Å²) in [7, 11) is 0. The lowest BCUT2D eigenvalue weighted by atomic mass is 9.99. The lowest BCUT2D eigenvalue weighted by Gasteiger charge is -2.35. The van der Waals surface area contributed by atoms with Crippen molar-refractivity contribution in [2.24, 2.45) is 5.92 Å². The number of benzene rings is 2. The molecule has 1 aliphatic carbocycles. The molecule has 3 amide bonds. The number of carbonyl (C=O) groups is 4. The Balaban J connectivity index is 2.04. The highest BCUT2D eigenvalue weighted by atomic mass is 16.6. The first kappa shape index (κ1) is 35.1. The minimum Gasteiger partial charge on any atom is -0.458 e. The lowest BCUT2D eigenvalue weighted by molar-refractivity contribution is -0.159. The van der Waals surface area contributed by atoms with Crippen molar-refractivity contribution in [2.45, 2.75) is 96.7 Å². The molecule has 3 N–H and O–H groups in total. The van der Waals surface area contributed by atoms with Gasteiger partial charge in [-0.15, -0.1) is 6.42 Å². The van der Waals surface area contributed by atoms with Crippen LogP contribution in [0.3, 0.4) is 0 Å². The SMILES string of the molecule is C#Cc1ccc(C(C(=O)NC(Cc2ccccc2)C(=O)OC(C)(C)C)N(C(=O)C(CO)NC(=O)OC(C)(C)C)C2CC2C)cc1. The van der Waals surface area contributed by atoms with Gasteiger partial charge in [0.15, 0.2) is 0 Å². The highest BCUT2D eigenvalue weighted by Crippen LogP contribution is 2.41. The molecule has 0 bridgehead atoms. The van der Waals surface area contributed by atoms with Gasteiger partial charge in [0.1, 0.15) is 29.3 Å². The van der Waals surface area contributed by atoms with Crippen LogP contribution in [0.2, 0.25) is 0 Å². The van der Waals surface area contributed by atoms with E-state index in [4.69, 9.17) is 15.9 Å². The van der Waals surface area contributed by atoms with Crippen LogP contribution in [0, 0.1) is 18.3 Å². The number of nitrogens with one attached hydrogen (secondary N) is 2. The molecule has 10 heteroatoms. The predicted octanol–water partition coefficient (Wildman–Crippen LogP) is 3.90. The van der Waals surface area contributed by atoms with Gasteiger partial charge in [0.25, 0.3) is 0 Å². The molecule has 0 radical (unpaired) electrons. The number of amides is 3. The Morgan fingerprint density at radius 1 is 0.933 bits per heavy atom. The molecule has 2 aromatic rings. The molecule has 242 valence electrons. The third-order valence-corrected chi connectivity index (χ3v) is 7.06. The summed E-state index contributed by atoms with van der Waals surface area (Å²) in [5.41, 5.74) is 0.166. The summed E-state index contributed by atoms with van der Waals surface area (Å²) in [5.74, 6) is 0.661. The molecule has 0 spiro atoms. The standard InChI is InChI=1S/C35H45N3O7/c1-9-23-15-17-25(18-16-23)29(30(40)36-26(32(42)44-34(3,4)5)20-24-13-11-10-12-14-24)38(28-19-22(28)2)31(41)27(21-39)37-33(43)45-35(6,7)8/h1,10-18,22,26-29,39H,19-21H2,2-8H3,(H,36,40)(H,37,43). The Hall–Kier alpha value is -4.36. The molecule has 1 fully saturated rings.